The van der Waals surface area contributed by atoms with Gasteiger partial charge in [-0.1, -0.05) is 104 Å². The number of aliphatic hydroxyl groups is 4. The quantitative estimate of drug-likeness (QED) is 0.163. The lowest BCUT2D eigenvalue weighted by Gasteiger charge is -2.38. The molecule has 7 heteroatoms. The monoisotopic (exact) mass is 474 g/mol. The summed E-state index contributed by atoms with van der Waals surface area (Å²) in [5, 5.41) is 39.1. The van der Waals surface area contributed by atoms with Gasteiger partial charge in [0.2, 0.25) is 0 Å². The number of carbonyl (C=O) groups excluding carboxylic acids is 1. The fourth-order valence-corrected chi connectivity index (χ4v) is 4.43. The minimum absolute atomic E-state index is 0.183. The standard InChI is InChI=1S/C26H50O7/c1-3-5-7-9-11-12-14-16-18-20(17-15-13-10-8-6-4-2)25(30)32-19-21-22(27)23(28)24(29)26(31)33-21/h20-24,26-29,31H,3-19H2,1-2H3/t20?,21-,22-,23+,24-,26+/m1/s1. The first kappa shape index (κ1) is 30.3. The highest BCUT2D eigenvalue weighted by molar-refractivity contribution is 5.72. The van der Waals surface area contributed by atoms with Crippen LogP contribution in [0.3, 0.4) is 0 Å². The first-order chi connectivity index (χ1) is 15.9. The van der Waals surface area contributed by atoms with E-state index < -0.39 is 30.7 Å². The highest BCUT2D eigenvalue weighted by atomic mass is 16.6. The lowest BCUT2D eigenvalue weighted by molar-refractivity contribution is -0.287. The van der Waals surface area contributed by atoms with E-state index in [0.29, 0.717) is 0 Å². The summed E-state index contributed by atoms with van der Waals surface area (Å²) >= 11 is 0. The number of hydrogen-bond acceptors (Lipinski definition) is 7. The minimum Gasteiger partial charge on any atom is -0.463 e. The van der Waals surface area contributed by atoms with Gasteiger partial charge in [-0.2, -0.15) is 0 Å². The van der Waals surface area contributed by atoms with Crippen molar-refractivity contribution < 1.29 is 34.7 Å². The number of hydrogen-bond donors (Lipinski definition) is 4. The van der Waals surface area contributed by atoms with E-state index in [9.17, 15) is 25.2 Å². The van der Waals surface area contributed by atoms with Crippen molar-refractivity contribution >= 4 is 5.97 Å². The van der Waals surface area contributed by atoms with Crippen molar-refractivity contribution in [3.63, 3.8) is 0 Å². The second-order valence-electron chi connectivity index (χ2n) is 9.68. The zero-order valence-electron chi connectivity index (χ0n) is 21.0. The van der Waals surface area contributed by atoms with Gasteiger partial charge in [-0.15, -0.1) is 0 Å². The van der Waals surface area contributed by atoms with Crippen LogP contribution in [-0.2, 0) is 14.3 Å². The molecular weight excluding hydrogens is 424 g/mol. The SMILES string of the molecule is CCCCCCCCCCC(CCCCCCCC)C(=O)OC[C@H]1O[C@H](O)[C@H](O)[C@@H](O)[C@@H]1O. The Balaban J connectivity index is 2.43. The largest absolute Gasteiger partial charge is 0.463 e. The molecular formula is C26H50O7. The first-order valence-electron chi connectivity index (χ1n) is 13.5. The van der Waals surface area contributed by atoms with Crippen molar-refractivity contribution in [3.05, 3.63) is 0 Å². The van der Waals surface area contributed by atoms with Gasteiger partial charge in [0, 0.05) is 0 Å². The van der Waals surface area contributed by atoms with Crippen molar-refractivity contribution in [2.45, 2.75) is 147 Å². The number of esters is 1. The van der Waals surface area contributed by atoms with E-state index in [2.05, 4.69) is 13.8 Å². The topological polar surface area (TPSA) is 116 Å². The van der Waals surface area contributed by atoms with Gasteiger partial charge in [-0.05, 0) is 12.8 Å². The minimum atomic E-state index is -1.62. The summed E-state index contributed by atoms with van der Waals surface area (Å²) < 4.78 is 10.6. The van der Waals surface area contributed by atoms with Crippen LogP contribution in [0.4, 0.5) is 0 Å². The zero-order valence-corrected chi connectivity index (χ0v) is 21.0. The highest BCUT2D eigenvalue weighted by Gasteiger charge is 2.43. The van der Waals surface area contributed by atoms with Gasteiger partial charge in [-0.3, -0.25) is 4.79 Å². The molecule has 1 saturated heterocycles. The van der Waals surface area contributed by atoms with Crippen LogP contribution in [0, 0.1) is 5.92 Å². The molecule has 196 valence electrons. The van der Waals surface area contributed by atoms with Crippen LogP contribution in [-0.4, -0.2) is 63.7 Å². The average molecular weight is 475 g/mol. The second-order valence-corrected chi connectivity index (χ2v) is 9.68. The lowest BCUT2D eigenvalue weighted by atomic mass is 9.94. The smallest absolute Gasteiger partial charge is 0.309 e. The molecule has 0 amide bonds. The maximum absolute atomic E-state index is 12.8. The van der Waals surface area contributed by atoms with Gasteiger partial charge in [0.15, 0.2) is 6.29 Å². The summed E-state index contributed by atoms with van der Waals surface area (Å²) in [6, 6.07) is 0. The van der Waals surface area contributed by atoms with Gasteiger partial charge in [0.1, 0.15) is 31.0 Å². The van der Waals surface area contributed by atoms with E-state index >= 15 is 0 Å². The van der Waals surface area contributed by atoms with Crippen LogP contribution in [0.25, 0.3) is 0 Å². The van der Waals surface area contributed by atoms with Crippen molar-refractivity contribution in [1.82, 2.24) is 0 Å². The average Bonchev–Trinajstić information content (AvgIpc) is 2.81. The number of rotatable bonds is 19. The number of ether oxygens (including phenoxy) is 2. The summed E-state index contributed by atoms with van der Waals surface area (Å²) in [6.07, 6.45) is 11.0. The van der Waals surface area contributed by atoms with Crippen LogP contribution in [0.5, 0.6) is 0 Å². The molecule has 1 fully saturated rings. The summed E-state index contributed by atoms with van der Waals surface area (Å²) in [5.74, 6) is -0.491. The van der Waals surface area contributed by atoms with Gasteiger partial charge >= 0.3 is 5.97 Å². The van der Waals surface area contributed by atoms with E-state index in [-0.39, 0.29) is 18.5 Å². The Kier molecular flexibility index (Phi) is 17.1. The Bertz CT molecular complexity index is 487. The van der Waals surface area contributed by atoms with E-state index in [1.807, 2.05) is 0 Å². The molecule has 0 spiro atoms. The Hall–Kier alpha value is -0.730. The predicted molar refractivity (Wildman–Crippen MR) is 129 cm³/mol. The molecule has 1 aliphatic rings. The summed E-state index contributed by atoms with van der Waals surface area (Å²) in [4.78, 5) is 12.8. The second kappa shape index (κ2) is 18.6. The molecule has 1 heterocycles. The molecule has 0 bridgehead atoms. The molecule has 0 aliphatic carbocycles. The van der Waals surface area contributed by atoms with Crippen molar-refractivity contribution in [3.8, 4) is 0 Å². The molecule has 33 heavy (non-hydrogen) atoms. The molecule has 0 aromatic rings. The van der Waals surface area contributed by atoms with Crippen molar-refractivity contribution in [1.29, 1.82) is 0 Å². The number of carbonyl (C=O) groups is 1. The molecule has 1 aliphatic heterocycles. The van der Waals surface area contributed by atoms with Crippen LogP contribution in [0.15, 0.2) is 0 Å². The van der Waals surface area contributed by atoms with E-state index in [0.717, 1.165) is 38.5 Å². The first-order valence-corrected chi connectivity index (χ1v) is 13.5. The number of aliphatic hydroxyl groups excluding tert-OH is 4. The lowest BCUT2D eigenvalue weighted by Crippen LogP contribution is -2.58. The Morgan fingerprint density at radius 3 is 1.64 bits per heavy atom. The predicted octanol–water partition coefficient (Wildman–Crippen LogP) is 4.23. The van der Waals surface area contributed by atoms with Gasteiger partial charge in [0.25, 0.3) is 0 Å². The van der Waals surface area contributed by atoms with Crippen molar-refractivity contribution in [2.24, 2.45) is 5.92 Å². The third-order valence-corrected chi connectivity index (χ3v) is 6.72. The van der Waals surface area contributed by atoms with Crippen LogP contribution in [0.2, 0.25) is 0 Å². The zero-order chi connectivity index (χ0) is 24.5. The molecule has 0 radical (unpaired) electrons. The molecule has 1 unspecified atom stereocenters. The summed E-state index contributed by atoms with van der Waals surface area (Å²) in [7, 11) is 0. The third kappa shape index (κ3) is 12.5. The van der Waals surface area contributed by atoms with Gasteiger partial charge < -0.3 is 29.9 Å². The summed E-state index contributed by atoms with van der Waals surface area (Å²) in [6.45, 7) is 4.16. The molecule has 4 N–H and O–H groups in total. The molecule has 0 saturated carbocycles. The van der Waals surface area contributed by atoms with Gasteiger partial charge in [-0.25, -0.2) is 0 Å². The maximum Gasteiger partial charge on any atom is 0.309 e. The van der Waals surface area contributed by atoms with E-state index in [1.54, 1.807) is 0 Å². The van der Waals surface area contributed by atoms with Crippen LogP contribution in [0.1, 0.15) is 117 Å². The maximum atomic E-state index is 12.8. The van der Waals surface area contributed by atoms with E-state index in [1.165, 1.54) is 64.2 Å². The molecule has 0 aromatic carbocycles. The van der Waals surface area contributed by atoms with Crippen molar-refractivity contribution in [2.75, 3.05) is 6.61 Å². The Morgan fingerprint density at radius 1 is 0.697 bits per heavy atom. The van der Waals surface area contributed by atoms with Crippen LogP contribution < -0.4 is 0 Å². The number of unbranched alkanes of at least 4 members (excludes halogenated alkanes) is 12. The van der Waals surface area contributed by atoms with E-state index in [4.69, 9.17) is 9.47 Å². The highest BCUT2D eigenvalue weighted by Crippen LogP contribution is 2.23. The Morgan fingerprint density at radius 2 is 1.15 bits per heavy atom. The molecule has 7 nitrogen and oxygen atoms in total. The molecule has 6 atom stereocenters. The normalized spacial score (nSPS) is 26.3. The fourth-order valence-electron chi connectivity index (χ4n) is 4.43. The Labute approximate surface area is 200 Å². The molecule has 1 rings (SSSR count). The fraction of sp³-hybridized carbons (Fsp3) is 0.962. The van der Waals surface area contributed by atoms with Gasteiger partial charge in [0.05, 0.1) is 5.92 Å². The summed E-state index contributed by atoms with van der Waals surface area (Å²) in [5.41, 5.74) is 0. The van der Waals surface area contributed by atoms with Crippen LogP contribution >= 0.6 is 0 Å². The molecule has 0 aromatic heterocycles. The third-order valence-electron chi connectivity index (χ3n) is 6.72.